The number of rotatable bonds is 6. The number of amides is 1. The summed E-state index contributed by atoms with van der Waals surface area (Å²) in [6, 6.07) is 7.28. The van der Waals surface area contributed by atoms with Crippen molar-refractivity contribution >= 4 is 11.6 Å². The summed E-state index contributed by atoms with van der Waals surface area (Å²) in [6.07, 6.45) is -1.22. The maximum absolute atomic E-state index is 12.3. The van der Waals surface area contributed by atoms with Crippen LogP contribution < -0.4 is 23.8 Å². The molecule has 0 aromatic heterocycles. The Balaban J connectivity index is 2.05. The number of hydrogen-bond acceptors (Lipinski definition) is 7. The molecule has 2 atom stereocenters. The number of methoxy groups -OCH3 is 4. The molecule has 8 heteroatoms. The zero-order valence-electron chi connectivity index (χ0n) is 15.4. The average molecular weight is 375 g/mol. The number of carbonyl (C=O) groups is 1. The van der Waals surface area contributed by atoms with Crippen molar-refractivity contribution in [3.8, 4) is 28.7 Å². The minimum absolute atomic E-state index is 0.104. The van der Waals surface area contributed by atoms with E-state index in [0.717, 1.165) is 0 Å². The molecule has 3 rings (SSSR count). The number of nitrogens with zero attached hydrogens (tertiary/aromatic N) is 1. The van der Waals surface area contributed by atoms with E-state index < -0.39 is 18.1 Å². The monoisotopic (exact) mass is 375 g/mol. The highest BCUT2D eigenvalue weighted by molar-refractivity contribution is 6.05. The number of aliphatic hydroxyl groups is 1. The second-order valence-corrected chi connectivity index (χ2v) is 5.91. The van der Waals surface area contributed by atoms with Gasteiger partial charge in [-0.15, -0.1) is 0 Å². The molecule has 27 heavy (non-hydrogen) atoms. The number of aromatic hydroxyl groups is 1. The molecule has 0 unspecified atom stereocenters. The molecule has 1 amide bonds. The lowest BCUT2D eigenvalue weighted by Crippen LogP contribution is -2.59. The van der Waals surface area contributed by atoms with Crippen LogP contribution in [0.5, 0.6) is 28.7 Å². The van der Waals surface area contributed by atoms with Crippen molar-refractivity contribution in [2.45, 2.75) is 12.1 Å². The van der Waals surface area contributed by atoms with Gasteiger partial charge in [-0.05, 0) is 29.8 Å². The fourth-order valence-electron chi connectivity index (χ4n) is 3.19. The summed E-state index contributed by atoms with van der Waals surface area (Å²) < 4.78 is 21.0. The molecule has 1 heterocycles. The van der Waals surface area contributed by atoms with Crippen LogP contribution in [0.4, 0.5) is 5.69 Å². The molecule has 1 aliphatic heterocycles. The van der Waals surface area contributed by atoms with Gasteiger partial charge in [-0.2, -0.15) is 0 Å². The first-order valence-corrected chi connectivity index (χ1v) is 8.14. The standard InChI is InChI=1S/C19H21NO7/c1-24-13-6-5-11(9-12(13)21)20-16(17(22)19(20)23)10-7-14(25-2)18(27-4)15(8-10)26-3/h5-9,16-17,21-22H,1-4H3/t16-,17+/m0/s1. The second kappa shape index (κ2) is 7.24. The van der Waals surface area contributed by atoms with Gasteiger partial charge in [-0.25, -0.2) is 0 Å². The Morgan fingerprint density at radius 3 is 1.96 bits per heavy atom. The number of carbonyl (C=O) groups excluding carboxylic acids is 1. The van der Waals surface area contributed by atoms with Crippen molar-refractivity contribution in [1.29, 1.82) is 0 Å². The fraction of sp³-hybridized carbons (Fsp3) is 0.316. The lowest BCUT2D eigenvalue weighted by molar-refractivity contribution is -0.137. The van der Waals surface area contributed by atoms with Crippen LogP contribution in [0.15, 0.2) is 30.3 Å². The van der Waals surface area contributed by atoms with E-state index in [9.17, 15) is 15.0 Å². The summed E-state index contributed by atoms with van der Waals surface area (Å²) in [5.41, 5.74) is 1.04. The van der Waals surface area contributed by atoms with E-state index >= 15 is 0 Å². The van der Waals surface area contributed by atoms with Crippen molar-refractivity contribution in [3.05, 3.63) is 35.9 Å². The number of phenolic OH excluding ortho intramolecular Hbond substituents is 1. The predicted molar refractivity (Wildman–Crippen MR) is 97.0 cm³/mol. The predicted octanol–water partition coefficient (Wildman–Crippen LogP) is 1.88. The van der Waals surface area contributed by atoms with Gasteiger partial charge in [0.1, 0.15) is 0 Å². The van der Waals surface area contributed by atoms with Crippen LogP contribution in [0.2, 0.25) is 0 Å². The van der Waals surface area contributed by atoms with Gasteiger partial charge in [-0.1, -0.05) is 0 Å². The minimum atomic E-state index is -1.22. The highest BCUT2D eigenvalue weighted by Gasteiger charge is 2.48. The zero-order chi connectivity index (χ0) is 19.7. The Bertz CT molecular complexity index is 842. The van der Waals surface area contributed by atoms with E-state index in [0.29, 0.717) is 28.5 Å². The molecule has 0 saturated carbocycles. The first-order chi connectivity index (χ1) is 13.0. The minimum Gasteiger partial charge on any atom is -0.504 e. The van der Waals surface area contributed by atoms with Gasteiger partial charge in [-0.3, -0.25) is 9.69 Å². The number of ether oxygens (including phenoxy) is 4. The van der Waals surface area contributed by atoms with Crippen LogP contribution in [-0.2, 0) is 4.79 Å². The van der Waals surface area contributed by atoms with Crippen LogP contribution in [-0.4, -0.2) is 50.7 Å². The number of phenols is 1. The molecule has 0 aliphatic carbocycles. The van der Waals surface area contributed by atoms with Crippen LogP contribution in [0.25, 0.3) is 0 Å². The highest BCUT2D eigenvalue weighted by atomic mass is 16.5. The van der Waals surface area contributed by atoms with Crippen LogP contribution in [0.1, 0.15) is 11.6 Å². The van der Waals surface area contributed by atoms with Crippen LogP contribution >= 0.6 is 0 Å². The first kappa shape index (κ1) is 18.7. The average Bonchev–Trinajstić information content (AvgIpc) is 2.69. The van der Waals surface area contributed by atoms with Crippen molar-refractivity contribution in [1.82, 2.24) is 0 Å². The molecule has 1 fully saturated rings. The van der Waals surface area contributed by atoms with Gasteiger partial charge in [0.25, 0.3) is 5.91 Å². The van der Waals surface area contributed by atoms with E-state index in [4.69, 9.17) is 18.9 Å². The van der Waals surface area contributed by atoms with E-state index in [1.165, 1.54) is 39.4 Å². The second-order valence-electron chi connectivity index (χ2n) is 5.91. The molecule has 2 aromatic carbocycles. The molecule has 144 valence electrons. The lowest BCUT2D eigenvalue weighted by Gasteiger charge is -2.44. The maximum atomic E-state index is 12.3. The third-order valence-corrected chi connectivity index (χ3v) is 4.54. The van der Waals surface area contributed by atoms with E-state index in [1.54, 1.807) is 24.3 Å². The molecule has 2 aromatic rings. The summed E-state index contributed by atoms with van der Waals surface area (Å²) in [5.74, 6) is 0.951. The molecular weight excluding hydrogens is 354 g/mol. The number of hydrogen-bond donors (Lipinski definition) is 2. The zero-order valence-corrected chi connectivity index (χ0v) is 15.4. The smallest absolute Gasteiger partial charge is 0.259 e. The Labute approximate surface area is 156 Å². The lowest BCUT2D eigenvalue weighted by atomic mass is 9.89. The van der Waals surface area contributed by atoms with Gasteiger partial charge >= 0.3 is 0 Å². The van der Waals surface area contributed by atoms with E-state index in [-0.39, 0.29) is 11.5 Å². The topological polar surface area (TPSA) is 97.7 Å². The molecule has 0 bridgehead atoms. The van der Waals surface area contributed by atoms with E-state index in [2.05, 4.69) is 0 Å². The van der Waals surface area contributed by atoms with Gasteiger partial charge in [0.2, 0.25) is 5.75 Å². The van der Waals surface area contributed by atoms with Gasteiger partial charge in [0, 0.05) is 11.8 Å². The normalized spacial score (nSPS) is 18.7. The molecule has 1 saturated heterocycles. The molecule has 2 N–H and O–H groups in total. The van der Waals surface area contributed by atoms with E-state index in [1.807, 2.05) is 0 Å². The van der Waals surface area contributed by atoms with Crippen molar-refractivity contribution < 1.29 is 34.0 Å². The third kappa shape index (κ3) is 2.97. The van der Waals surface area contributed by atoms with Gasteiger partial charge in [0.15, 0.2) is 29.1 Å². The number of aliphatic hydroxyl groups excluding tert-OH is 1. The van der Waals surface area contributed by atoms with Crippen LogP contribution in [0, 0.1) is 0 Å². The summed E-state index contributed by atoms with van der Waals surface area (Å²) in [4.78, 5) is 13.7. The summed E-state index contributed by atoms with van der Waals surface area (Å²) in [7, 11) is 5.91. The molecule has 1 aliphatic rings. The first-order valence-electron chi connectivity index (χ1n) is 8.14. The summed E-state index contributed by atoms with van der Waals surface area (Å²) >= 11 is 0. The quantitative estimate of drug-likeness (QED) is 0.744. The Morgan fingerprint density at radius 1 is 0.889 bits per heavy atom. The molecule has 0 spiro atoms. The Hall–Kier alpha value is -3.13. The van der Waals surface area contributed by atoms with Gasteiger partial charge < -0.3 is 29.2 Å². The number of β-lactam (4-membered cyclic amide) rings is 1. The Morgan fingerprint density at radius 2 is 1.48 bits per heavy atom. The number of anilines is 1. The van der Waals surface area contributed by atoms with Crippen molar-refractivity contribution in [2.75, 3.05) is 33.3 Å². The maximum Gasteiger partial charge on any atom is 0.259 e. The SMILES string of the molecule is COc1ccc(N2C(=O)[C@H](O)[C@@H]2c2cc(OC)c(OC)c(OC)c2)cc1O. The van der Waals surface area contributed by atoms with Crippen molar-refractivity contribution in [3.63, 3.8) is 0 Å². The Kier molecular flexibility index (Phi) is 5.00. The molecular formula is C19H21NO7. The molecule has 0 radical (unpaired) electrons. The van der Waals surface area contributed by atoms with Gasteiger partial charge in [0.05, 0.1) is 34.5 Å². The number of benzene rings is 2. The third-order valence-electron chi connectivity index (χ3n) is 4.54. The molecule has 8 nitrogen and oxygen atoms in total. The largest absolute Gasteiger partial charge is 0.504 e. The summed E-state index contributed by atoms with van der Waals surface area (Å²) in [5, 5.41) is 20.3. The highest BCUT2D eigenvalue weighted by Crippen LogP contribution is 2.46. The van der Waals surface area contributed by atoms with Crippen LogP contribution in [0.3, 0.4) is 0 Å². The summed E-state index contributed by atoms with van der Waals surface area (Å²) in [6.45, 7) is 0. The fourth-order valence-corrected chi connectivity index (χ4v) is 3.19. The van der Waals surface area contributed by atoms with Crippen molar-refractivity contribution in [2.24, 2.45) is 0 Å².